The van der Waals surface area contributed by atoms with Gasteiger partial charge in [0.05, 0.1) is 0 Å². The predicted molar refractivity (Wildman–Crippen MR) is 32.5 cm³/mol. The highest BCUT2D eigenvalue weighted by molar-refractivity contribution is 5.68. The maximum Gasteiger partial charge on any atom is 0.308 e. The van der Waals surface area contributed by atoms with Crippen molar-refractivity contribution in [2.45, 2.75) is 26.6 Å². The van der Waals surface area contributed by atoms with Gasteiger partial charge in [-0.15, -0.1) is 0 Å². The van der Waals surface area contributed by atoms with Gasteiger partial charge in [-0.2, -0.15) is 5.26 Å². The van der Waals surface area contributed by atoms with E-state index in [2.05, 4.69) is 9.47 Å². The number of esters is 1. The Labute approximate surface area is 59.3 Å². The van der Waals surface area contributed by atoms with Gasteiger partial charge in [0.25, 0.3) is 12.5 Å². The second-order valence-corrected chi connectivity index (χ2v) is 1.62. The number of hydrogen-bond acceptors (Lipinski definition) is 4. The van der Waals surface area contributed by atoms with Crippen molar-refractivity contribution in [3.63, 3.8) is 0 Å². The number of hydrogen-bond donors (Lipinski definition) is 0. The van der Waals surface area contributed by atoms with Crippen molar-refractivity contribution in [3.8, 4) is 6.26 Å². The number of carbonyl (C=O) groups excluding carboxylic acids is 1. The van der Waals surface area contributed by atoms with E-state index in [9.17, 15) is 4.79 Å². The van der Waals surface area contributed by atoms with E-state index in [0.29, 0.717) is 6.42 Å². The Kier molecular flexibility index (Phi) is 4.05. The molecule has 10 heavy (non-hydrogen) atoms. The van der Waals surface area contributed by atoms with Crippen LogP contribution in [-0.2, 0) is 14.3 Å². The second-order valence-electron chi connectivity index (χ2n) is 1.62. The molecule has 0 aliphatic rings. The fourth-order valence-electron chi connectivity index (χ4n) is 0.367. The van der Waals surface area contributed by atoms with E-state index in [4.69, 9.17) is 5.26 Å². The van der Waals surface area contributed by atoms with E-state index < -0.39 is 6.29 Å². The van der Waals surface area contributed by atoms with Crippen LogP contribution in [0.25, 0.3) is 0 Å². The molecule has 0 spiro atoms. The molecule has 0 aliphatic heterocycles. The van der Waals surface area contributed by atoms with Crippen molar-refractivity contribution < 1.29 is 14.3 Å². The fraction of sp³-hybridized carbons (Fsp3) is 0.667. The van der Waals surface area contributed by atoms with Gasteiger partial charge in [0.15, 0.2) is 0 Å². The molecule has 0 saturated carbocycles. The minimum absolute atomic E-state index is 0.291. The van der Waals surface area contributed by atoms with Gasteiger partial charge in [-0.3, -0.25) is 4.79 Å². The van der Waals surface area contributed by atoms with Crippen LogP contribution in [0.3, 0.4) is 0 Å². The third-order valence-electron chi connectivity index (χ3n) is 0.805. The fourth-order valence-corrected chi connectivity index (χ4v) is 0.367. The van der Waals surface area contributed by atoms with Gasteiger partial charge in [-0.25, -0.2) is 0 Å². The molecule has 0 saturated heterocycles. The van der Waals surface area contributed by atoms with Crippen molar-refractivity contribution in [3.05, 3.63) is 0 Å². The van der Waals surface area contributed by atoms with Crippen molar-refractivity contribution in [1.29, 1.82) is 5.26 Å². The van der Waals surface area contributed by atoms with Crippen LogP contribution in [0.2, 0.25) is 0 Å². The summed E-state index contributed by atoms with van der Waals surface area (Å²) in [6.45, 7) is 3.15. The van der Waals surface area contributed by atoms with Gasteiger partial charge in [0.2, 0.25) is 0 Å². The number of rotatable bonds is 3. The molecule has 0 N–H and O–H groups in total. The first-order chi connectivity index (χ1) is 4.70. The summed E-state index contributed by atoms with van der Waals surface area (Å²) in [5, 5.41) is 7.96. The summed E-state index contributed by atoms with van der Waals surface area (Å²) >= 11 is 0. The first kappa shape index (κ1) is 8.76. The Hall–Kier alpha value is -1.24. The lowest BCUT2D eigenvalue weighted by Gasteiger charge is -2.07. The summed E-state index contributed by atoms with van der Waals surface area (Å²) in [5.74, 6) is -0.372. The quantitative estimate of drug-likeness (QED) is 0.333. The molecule has 4 heteroatoms. The normalized spacial score (nSPS) is 11.3. The second kappa shape index (κ2) is 4.62. The Balaban J connectivity index is 3.49. The van der Waals surface area contributed by atoms with E-state index in [1.807, 2.05) is 0 Å². The molecule has 4 nitrogen and oxygen atoms in total. The molecule has 0 bridgehead atoms. The Morgan fingerprint density at radius 1 is 1.80 bits per heavy atom. The van der Waals surface area contributed by atoms with Crippen LogP contribution >= 0.6 is 0 Å². The zero-order valence-electron chi connectivity index (χ0n) is 5.96. The van der Waals surface area contributed by atoms with Gasteiger partial charge < -0.3 is 9.47 Å². The zero-order chi connectivity index (χ0) is 7.98. The lowest BCUT2D eigenvalue weighted by atomic mass is 10.5. The largest absolute Gasteiger partial charge is 0.425 e. The van der Waals surface area contributed by atoms with Crippen molar-refractivity contribution in [2.24, 2.45) is 0 Å². The molecular weight excluding hydrogens is 134 g/mol. The van der Waals surface area contributed by atoms with Crippen LogP contribution in [0.5, 0.6) is 0 Å². The Morgan fingerprint density at radius 3 is 2.80 bits per heavy atom. The summed E-state index contributed by atoms with van der Waals surface area (Å²) in [6.07, 6.45) is 0.944. The molecule has 56 valence electrons. The smallest absolute Gasteiger partial charge is 0.308 e. The molecule has 0 heterocycles. The van der Waals surface area contributed by atoms with Gasteiger partial charge in [0, 0.05) is 13.3 Å². The molecular formula is C6H9NO3. The van der Waals surface area contributed by atoms with Gasteiger partial charge in [-0.1, -0.05) is 6.92 Å². The molecule has 0 aromatic rings. The lowest BCUT2D eigenvalue weighted by Crippen LogP contribution is -2.14. The first-order valence-electron chi connectivity index (χ1n) is 2.95. The molecule has 0 aromatic carbocycles. The molecule has 0 aromatic heterocycles. The molecule has 0 fully saturated rings. The van der Waals surface area contributed by atoms with Crippen molar-refractivity contribution in [2.75, 3.05) is 0 Å². The maximum atomic E-state index is 10.5. The summed E-state index contributed by atoms with van der Waals surface area (Å²) in [5.41, 5.74) is 0. The van der Waals surface area contributed by atoms with E-state index >= 15 is 0 Å². The van der Waals surface area contributed by atoms with E-state index in [-0.39, 0.29) is 5.97 Å². The molecule has 0 radical (unpaired) electrons. The number of ether oxygens (including phenoxy) is 2. The molecule has 1 atom stereocenters. The summed E-state index contributed by atoms with van der Waals surface area (Å²) in [6, 6.07) is 0. The van der Waals surface area contributed by atoms with E-state index in [1.54, 1.807) is 6.92 Å². The van der Waals surface area contributed by atoms with Crippen molar-refractivity contribution in [1.82, 2.24) is 0 Å². The predicted octanol–water partition coefficient (Wildman–Crippen LogP) is 0.783. The lowest BCUT2D eigenvalue weighted by molar-refractivity contribution is -0.164. The SMILES string of the molecule is CCC(=O)OC(C)OC#N. The van der Waals surface area contributed by atoms with Crippen LogP contribution in [-0.4, -0.2) is 12.3 Å². The molecule has 0 amide bonds. The first-order valence-corrected chi connectivity index (χ1v) is 2.95. The van der Waals surface area contributed by atoms with Crippen LogP contribution in [0, 0.1) is 11.5 Å². The molecule has 0 aliphatic carbocycles. The standard InChI is InChI=1S/C6H9NO3/c1-3-6(8)10-5(2)9-4-7/h5H,3H2,1-2H3. The minimum Gasteiger partial charge on any atom is -0.425 e. The van der Waals surface area contributed by atoms with Crippen molar-refractivity contribution >= 4 is 5.97 Å². The summed E-state index contributed by atoms with van der Waals surface area (Å²) in [7, 11) is 0. The average Bonchev–Trinajstić information content (AvgIpc) is 1.88. The van der Waals surface area contributed by atoms with E-state index in [1.165, 1.54) is 13.2 Å². The Bertz CT molecular complexity index is 150. The van der Waals surface area contributed by atoms with Crippen LogP contribution < -0.4 is 0 Å². The van der Waals surface area contributed by atoms with Crippen LogP contribution in [0.15, 0.2) is 0 Å². The molecule has 1 unspecified atom stereocenters. The van der Waals surface area contributed by atoms with E-state index in [0.717, 1.165) is 0 Å². The van der Waals surface area contributed by atoms with Gasteiger partial charge >= 0.3 is 5.97 Å². The number of carbonyl (C=O) groups is 1. The zero-order valence-corrected chi connectivity index (χ0v) is 5.96. The third-order valence-corrected chi connectivity index (χ3v) is 0.805. The highest BCUT2D eigenvalue weighted by Gasteiger charge is 2.05. The maximum absolute atomic E-state index is 10.5. The van der Waals surface area contributed by atoms with Gasteiger partial charge in [0.1, 0.15) is 0 Å². The summed E-state index contributed by atoms with van der Waals surface area (Å²) in [4.78, 5) is 10.5. The number of nitrogens with zero attached hydrogens (tertiary/aromatic N) is 1. The molecule has 0 rings (SSSR count). The highest BCUT2D eigenvalue weighted by atomic mass is 16.7. The van der Waals surface area contributed by atoms with Gasteiger partial charge in [-0.05, 0) is 0 Å². The minimum atomic E-state index is -0.766. The topological polar surface area (TPSA) is 59.3 Å². The van der Waals surface area contributed by atoms with Crippen LogP contribution in [0.1, 0.15) is 20.3 Å². The Morgan fingerprint density at radius 2 is 2.40 bits per heavy atom. The monoisotopic (exact) mass is 143 g/mol. The number of nitriles is 1. The average molecular weight is 143 g/mol. The third kappa shape index (κ3) is 3.72. The summed E-state index contributed by atoms with van der Waals surface area (Å²) < 4.78 is 8.83. The highest BCUT2D eigenvalue weighted by Crippen LogP contribution is 1.94. The van der Waals surface area contributed by atoms with Crippen LogP contribution in [0.4, 0.5) is 0 Å².